The maximum Gasteiger partial charge on any atom is 0.286 e. The molecule has 2 aromatic carbocycles. The molecule has 0 bridgehead atoms. The van der Waals surface area contributed by atoms with Gasteiger partial charge in [0, 0.05) is 17.5 Å². The number of phenols is 1. The van der Waals surface area contributed by atoms with Crippen molar-refractivity contribution in [2.75, 3.05) is 6.61 Å². The van der Waals surface area contributed by atoms with E-state index in [1.807, 2.05) is 45.0 Å². The lowest BCUT2D eigenvalue weighted by atomic mass is 9.86. The predicted octanol–water partition coefficient (Wildman–Crippen LogP) is 4.01. The van der Waals surface area contributed by atoms with Crippen LogP contribution in [0.15, 0.2) is 29.4 Å². The molecule has 1 saturated heterocycles. The predicted molar refractivity (Wildman–Crippen MR) is 125 cm³/mol. The molecule has 2 amide bonds. The summed E-state index contributed by atoms with van der Waals surface area (Å²) >= 11 is 1.01. The third-order valence-electron chi connectivity index (χ3n) is 6.17. The summed E-state index contributed by atoms with van der Waals surface area (Å²) in [4.78, 5) is 23.1. The summed E-state index contributed by atoms with van der Waals surface area (Å²) in [5.41, 5.74) is 3.33. The minimum absolute atomic E-state index is 0.175. The van der Waals surface area contributed by atoms with E-state index in [0.717, 1.165) is 28.5 Å². The Labute approximate surface area is 196 Å². The Balaban J connectivity index is 1.48. The van der Waals surface area contributed by atoms with Crippen molar-refractivity contribution in [3.05, 3.63) is 52.1 Å². The van der Waals surface area contributed by atoms with Crippen LogP contribution in [0.1, 0.15) is 41.2 Å². The number of fused-ring (bicyclic) bond motifs is 1. The number of hydrogen-bond acceptors (Lipinski definition) is 8. The van der Waals surface area contributed by atoms with E-state index in [2.05, 4.69) is 10.5 Å². The lowest BCUT2D eigenvalue weighted by Crippen LogP contribution is -2.45. The third kappa shape index (κ3) is 4.37. The van der Waals surface area contributed by atoms with Gasteiger partial charge in [0.2, 0.25) is 5.91 Å². The normalized spacial score (nSPS) is 23.3. The highest BCUT2D eigenvalue weighted by molar-refractivity contribution is 8.15. The summed E-state index contributed by atoms with van der Waals surface area (Å²) in [5.74, 6) is 1.13. The van der Waals surface area contributed by atoms with E-state index < -0.39 is 10.9 Å². The van der Waals surface area contributed by atoms with E-state index in [4.69, 9.17) is 9.47 Å². The van der Waals surface area contributed by atoms with E-state index in [-0.39, 0.29) is 23.5 Å². The number of benzene rings is 2. The highest BCUT2D eigenvalue weighted by Gasteiger charge is 2.39. The van der Waals surface area contributed by atoms with Crippen LogP contribution in [0.5, 0.6) is 17.2 Å². The molecule has 0 spiro atoms. The molecule has 2 aromatic rings. The van der Waals surface area contributed by atoms with E-state index in [1.165, 1.54) is 0 Å². The van der Waals surface area contributed by atoms with E-state index in [9.17, 15) is 19.9 Å². The number of nitrogens with one attached hydrogen (secondary N) is 1. The molecule has 4 rings (SSSR count). The van der Waals surface area contributed by atoms with Gasteiger partial charge in [-0.3, -0.25) is 14.9 Å². The second-order valence-corrected chi connectivity index (χ2v) is 9.90. The standard InChI is InChI=1S/C24H26N2O6S/c1-12-13(2)21-19(14(3)20(12)27)17(26-30)10-24(4,32-21)11-31-16-7-5-15(6-8-16)9-18-22(28)25-23(29)33-18/h5-8,18,27,30H,9-11H2,1-4H3,(H,25,28,29)/b26-17-. The molecule has 174 valence electrons. The fourth-order valence-corrected chi connectivity index (χ4v) is 5.03. The van der Waals surface area contributed by atoms with Gasteiger partial charge in [-0.25, -0.2) is 0 Å². The molecule has 3 N–H and O–H groups in total. The Hall–Kier alpha value is -3.20. The van der Waals surface area contributed by atoms with Crippen molar-refractivity contribution in [3.63, 3.8) is 0 Å². The Morgan fingerprint density at radius 2 is 1.88 bits per heavy atom. The van der Waals surface area contributed by atoms with Crippen molar-refractivity contribution in [1.82, 2.24) is 5.32 Å². The fraction of sp³-hybridized carbons (Fsp3) is 0.375. The summed E-state index contributed by atoms with van der Waals surface area (Å²) in [6, 6.07) is 7.36. The Morgan fingerprint density at radius 1 is 1.18 bits per heavy atom. The van der Waals surface area contributed by atoms with E-state index in [0.29, 0.717) is 41.2 Å². The average Bonchev–Trinajstić information content (AvgIpc) is 3.11. The maximum atomic E-state index is 11.8. The molecular formula is C24H26N2O6S. The van der Waals surface area contributed by atoms with Gasteiger partial charge in [0.1, 0.15) is 29.5 Å². The van der Waals surface area contributed by atoms with Crippen molar-refractivity contribution >= 4 is 28.6 Å². The van der Waals surface area contributed by atoms with Gasteiger partial charge in [-0.15, -0.1) is 0 Å². The molecule has 0 aromatic heterocycles. The first-order valence-corrected chi connectivity index (χ1v) is 11.5. The number of hydrogen-bond donors (Lipinski definition) is 3. The van der Waals surface area contributed by atoms with Crippen LogP contribution in [0.25, 0.3) is 0 Å². The smallest absolute Gasteiger partial charge is 0.286 e. The average molecular weight is 471 g/mol. The van der Waals surface area contributed by atoms with Gasteiger partial charge in [-0.1, -0.05) is 29.1 Å². The van der Waals surface area contributed by atoms with Crippen LogP contribution in [0.4, 0.5) is 4.79 Å². The van der Waals surface area contributed by atoms with Crippen LogP contribution in [-0.4, -0.2) is 44.6 Å². The first-order chi connectivity index (χ1) is 15.6. The molecule has 0 radical (unpaired) electrons. The quantitative estimate of drug-likeness (QED) is 0.446. The zero-order chi connectivity index (χ0) is 23.9. The number of thioether (sulfide) groups is 1. The fourth-order valence-electron chi connectivity index (χ4n) is 4.17. The Bertz CT molecular complexity index is 1160. The number of oxime groups is 1. The first-order valence-electron chi connectivity index (χ1n) is 10.6. The Morgan fingerprint density at radius 3 is 2.48 bits per heavy atom. The molecule has 9 heteroatoms. The van der Waals surface area contributed by atoms with Crippen LogP contribution < -0.4 is 14.8 Å². The van der Waals surface area contributed by atoms with Crippen molar-refractivity contribution in [2.45, 2.75) is 51.4 Å². The van der Waals surface area contributed by atoms with Crippen LogP contribution in [0.2, 0.25) is 0 Å². The van der Waals surface area contributed by atoms with Crippen molar-refractivity contribution in [2.24, 2.45) is 5.16 Å². The number of nitrogens with zero attached hydrogens (tertiary/aromatic N) is 1. The van der Waals surface area contributed by atoms with Crippen molar-refractivity contribution < 1.29 is 29.4 Å². The molecule has 2 aliphatic rings. The number of aromatic hydroxyl groups is 1. The van der Waals surface area contributed by atoms with Crippen molar-refractivity contribution in [1.29, 1.82) is 0 Å². The molecule has 8 nitrogen and oxygen atoms in total. The molecule has 1 fully saturated rings. The molecule has 2 atom stereocenters. The second-order valence-electron chi connectivity index (χ2n) is 8.72. The van der Waals surface area contributed by atoms with Gasteiger partial charge in [-0.05, 0) is 62.9 Å². The topological polar surface area (TPSA) is 117 Å². The van der Waals surface area contributed by atoms with Crippen LogP contribution >= 0.6 is 11.8 Å². The Kier molecular flexibility index (Phi) is 6.00. The molecular weight excluding hydrogens is 444 g/mol. The third-order valence-corrected chi connectivity index (χ3v) is 7.15. The zero-order valence-electron chi connectivity index (χ0n) is 18.9. The summed E-state index contributed by atoms with van der Waals surface area (Å²) in [5, 5.41) is 25.2. The van der Waals surface area contributed by atoms with Crippen LogP contribution in [0.3, 0.4) is 0 Å². The minimum atomic E-state index is -0.785. The molecule has 0 aliphatic carbocycles. The van der Waals surface area contributed by atoms with Gasteiger partial charge in [0.25, 0.3) is 5.24 Å². The number of ether oxygens (including phenoxy) is 2. The summed E-state index contributed by atoms with van der Waals surface area (Å²) in [7, 11) is 0. The molecule has 2 unspecified atom stereocenters. The molecule has 0 saturated carbocycles. The summed E-state index contributed by atoms with van der Waals surface area (Å²) < 4.78 is 12.3. The van der Waals surface area contributed by atoms with Gasteiger partial charge < -0.3 is 19.8 Å². The molecule has 2 aliphatic heterocycles. The minimum Gasteiger partial charge on any atom is -0.507 e. The maximum absolute atomic E-state index is 11.8. The largest absolute Gasteiger partial charge is 0.507 e. The van der Waals surface area contributed by atoms with Crippen molar-refractivity contribution in [3.8, 4) is 17.2 Å². The first kappa shape index (κ1) is 23.0. The highest BCUT2D eigenvalue weighted by Crippen LogP contribution is 2.43. The number of carbonyl (C=O) groups excluding carboxylic acids is 2. The van der Waals surface area contributed by atoms with E-state index >= 15 is 0 Å². The van der Waals surface area contributed by atoms with Gasteiger partial charge in [0.05, 0.1) is 11.0 Å². The molecule has 2 heterocycles. The monoisotopic (exact) mass is 470 g/mol. The summed E-state index contributed by atoms with van der Waals surface area (Å²) in [6.45, 7) is 7.56. The van der Waals surface area contributed by atoms with Gasteiger partial charge in [-0.2, -0.15) is 0 Å². The van der Waals surface area contributed by atoms with Gasteiger partial charge in [0.15, 0.2) is 0 Å². The number of amides is 2. The summed E-state index contributed by atoms with van der Waals surface area (Å²) in [6.07, 6.45) is 0.765. The van der Waals surface area contributed by atoms with E-state index in [1.54, 1.807) is 6.92 Å². The molecule has 33 heavy (non-hydrogen) atoms. The zero-order valence-corrected chi connectivity index (χ0v) is 19.7. The van der Waals surface area contributed by atoms with Gasteiger partial charge >= 0.3 is 0 Å². The number of phenolic OH excluding ortho intramolecular Hbond substituents is 1. The SMILES string of the molecule is Cc1c(C)c2c(c(C)c1O)/C(=N\O)CC(C)(COc1ccc(CC3SC(=O)NC3=O)cc1)O2. The number of imide groups is 1. The second kappa shape index (κ2) is 8.62. The number of carbonyl (C=O) groups is 2. The number of rotatable bonds is 5. The van der Waals surface area contributed by atoms with Crippen LogP contribution in [-0.2, 0) is 11.2 Å². The van der Waals surface area contributed by atoms with Crippen LogP contribution in [0, 0.1) is 20.8 Å². The highest BCUT2D eigenvalue weighted by atomic mass is 32.2. The lowest BCUT2D eigenvalue weighted by Gasteiger charge is -2.37. The lowest BCUT2D eigenvalue weighted by molar-refractivity contribution is -0.118.